The van der Waals surface area contributed by atoms with Gasteiger partial charge in [0.05, 0.1) is 11.5 Å². The second-order valence-corrected chi connectivity index (χ2v) is 5.81. The first-order chi connectivity index (χ1) is 10.1. The summed E-state index contributed by atoms with van der Waals surface area (Å²) in [5, 5.41) is 0. The molecule has 2 nitrogen and oxygen atoms in total. The molecule has 1 aliphatic heterocycles. The van der Waals surface area contributed by atoms with Crippen LogP contribution in [0.2, 0.25) is 0 Å². The summed E-state index contributed by atoms with van der Waals surface area (Å²) in [7, 11) is 0. The Hall–Kier alpha value is -2.35. The van der Waals surface area contributed by atoms with Crippen molar-refractivity contribution in [1.29, 1.82) is 0 Å². The highest BCUT2D eigenvalue weighted by atomic mass is 16.2. The van der Waals surface area contributed by atoms with E-state index >= 15 is 0 Å². The molecule has 0 unspecified atom stereocenters. The van der Waals surface area contributed by atoms with E-state index in [1.54, 1.807) is 6.08 Å². The number of carbonyl (C=O) groups is 1. The third-order valence-electron chi connectivity index (χ3n) is 4.36. The molecule has 2 heteroatoms. The van der Waals surface area contributed by atoms with Gasteiger partial charge in [-0.2, -0.15) is 0 Å². The SMILES string of the molecule is C=C[C@@]1(C)C(=O)N(c2ccc(C)cc2)[C@@H]1c1ccccc1. The van der Waals surface area contributed by atoms with E-state index in [0.717, 1.165) is 11.3 Å². The Morgan fingerprint density at radius 2 is 1.71 bits per heavy atom. The fourth-order valence-corrected chi connectivity index (χ4v) is 3.00. The van der Waals surface area contributed by atoms with E-state index in [9.17, 15) is 4.79 Å². The summed E-state index contributed by atoms with van der Waals surface area (Å²) in [6, 6.07) is 18.2. The smallest absolute Gasteiger partial charge is 0.239 e. The molecule has 1 amide bonds. The van der Waals surface area contributed by atoms with E-state index in [4.69, 9.17) is 0 Å². The van der Waals surface area contributed by atoms with Gasteiger partial charge in [0.15, 0.2) is 0 Å². The molecule has 2 aromatic carbocycles. The summed E-state index contributed by atoms with van der Waals surface area (Å²) in [4.78, 5) is 14.5. The lowest BCUT2D eigenvalue weighted by molar-refractivity contribution is -0.134. The zero-order valence-corrected chi connectivity index (χ0v) is 12.4. The third kappa shape index (κ3) is 1.99. The van der Waals surface area contributed by atoms with Gasteiger partial charge in [-0.25, -0.2) is 0 Å². The number of hydrogen-bond acceptors (Lipinski definition) is 1. The first-order valence-corrected chi connectivity index (χ1v) is 7.17. The molecule has 1 aliphatic rings. The minimum atomic E-state index is -0.535. The molecular formula is C19H19NO. The maximum atomic E-state index is 12.6. The molecule has 0 saturated carbocycles. The third-order valence-corrected chi connectivity index (χ3v) is 4.36. The molecule has 2 aromatic rings. The lowest BCUT2D eigenvalue weighted by Gasteiger charge is -2.53. The number of hydrogen-bond donors (Lipinski definition) is 0. The van der Waals surface area contributed by atoms with E-state index < -0.39 is 5.41 Å². The highest BCUT2D eigenvalue weighted by molar-refractivity contribution is 6.07. The predicted molar refractivity (Wildman–Crippen MR) is 86.2 cm³/mol. The van der Waals surface area contributed by atoms with Crippen molar-refractivity contribution in [2.45, 2.75) is 19.9 Å². The fraction of sp³-hybridized carbons (Fsp3) is 0.211. The molecule has 0 aliphatic carbocycles. The molecule has 106 valence electrons. The van der Waals surface area contributed by atoms with Crippen molar-refractivity contribution in [1.82, 2.24) is 0 Å². The summed E-state index contributed by atoms with van der Waals surface area (Å²) in [6.07, 6.45) is 1.78. The summed E-state index contributed by atoms with van der Waals surface area (Å²) >= 11 is 0. The van der Waals surface area contributed by atoms with Crippen molar-refractivity contribution in [2.75, 3.05) is 4.90 Å². The molecular weight excluding hydrogens is 258 g/mol. The van der Waals surface area contributed by atoms with Crippen LogP contribution in [-0.4, -0.2) is 5.91 Å². The lowest BCUT2D eigenvalue weighted by Crippen LogP contribution is -2.61. The molecule has 0 radical (unpaired) electrons. The number of benzene rings is 2. The van der Waals surface area contributed by atoms with Crippen LogP contribution < -0.4 is 4.90 Å². The van der Waals surface area contributed by atoms with Crippen molar-refractivity contribution in [2.24, 2.45) is 5.41 Å². The largest absolute Gasteiger partial charge is 0.303 e. The predicted octanol–water partition coefficient (Wildman–Crippen LogP) is 4.28. The Balaban J connectivity index is 2.05. The Labute approximate surface area is 125 Å². The van der Waals surface area contributed by atoms with Crippen molar-refractivity contribution in [3.05, 3.63) is 78.4 Å². The van der Waals surface area contributed by atoms with Crippen LogP contribution in [-0.2, 0) is 4.79 Å². The Morgan fingerprint density at radius 1 is 1.10 bits per heavy atom. The zero-order valence-electron chi connectivity index (χ0n) is 12.4. The van der Waals surface area contributed by atoms with Gasteiger partial charge in [0.2, 0.25) is 5.91 Å². The number of carbonyl (C=O) groups excluding carboxylic acids is 1. The van der Waals surface area contributed by atoms with Gasteiger partial charge >= 0.3 is 0 Å². The summed E-state index contributed by atoms with van der Waals surface area (Å²) in [6.45, 7) is 7.88. The van der Waals surface area contributed by atoms with Crippen LogP contribution in [0, 0.1) is 12.3 Å². The van der Waals surface area contributed by atoms with Gasteiger partial charge in [-0.3, -0.25) is 4.79 Å². The maximum Gasteiger partial charge on any atom is 0.239 e. The fourth-order valence-electron chi connectivity index (χ4n) is 3.00. The van der Waals surface area contributed by atoms with E-state index in [2.05, 4.69) is 18.7 Å². The molecule has 1 saturated heterocycles. The lowest BCUT2D eigenvalue weighted by atomic mass is 9.69. The maximum absolute atomic E-state index is 12.6. The summed E-state index contributed by atoms with van der Waals surface area (Å²) in [5.41, 5.74) is 2.74. The standard InChI is InChI=1S/C19H19NO/c1-4-19(3)17(15-8-6-5-7-9-15)20(18(19)21)16-12-10-14(2)11-13-16/h4-13,17H,1H2,2-3H3/t17-,19-/m1/s1. The Kier molecular flexibility index (Phi) is 3.17. The van der Waals surface area contributed by atoms with Crippen molar-refractivity contribution < 1.29 is 4.79 Å². The monoisotopic (exact) mass is 277 g/mol. The van der Waals surface area contributed by atoms with Gasteiger partial charge in [0, 0.05) is 5.69 Å². The second-order valence-electron chi connectivity index (χ2n) is 5.81. The number of amides is 1. The summed E-state index contributed by atoms with van der Waals surface area (Å²) < 4.78 is 0. The van der Waals surface area contributed by atoms with Crippen molar-refractivity contribution in [3.63, 3.8) is 0 Å². The molecule has 3 rings (SSSR count). The number of aryl methyl sites for hydroxylation is 1. The Bertz CT molecular complexity index is 674. The molecule has 0 spiro atoms. The molecule has 0 N–H and O–H groups in total. The van der Waals surface area contributed by atoms with Gasteiger partial charge in [0.25, 0.3) is 0 Å². The number of β-lactam (4-membered cyclic amide) rings is 1. The quantitative estimate of drug-likeness (QED) is 0.606. The van der Waals surface area contributed by atoms with E-state index in [-0.39, 0.29) is 11.9 Å². The van der Waals surface area contributed by atoms with Crippen molar-refractivity contribution >= 4 is 11.6 Å². The Morgan fingerprint density at radius 3 is 2.29 bits per heavy atom. The average Bonchev–Trinajstić information content (AvgIpc) is 2.53. The van der Waals surface area contributed by atoms with E-state index in [0.29, 0.717) is 0 Å². The first kappa shape index (κ1) is 13.6. The molecule has 1 fully saturated rings. The highest BCUT2D eigenvalue weighted by Gasteiger charge is 2.56. The molecule has 0 bridgehead atoms. The van der Waals surface area contributed by atoms with Gasteiger partial charge < -0.3 is 4.90 Å². The zero-order chi connectivity index (χ0) is 15.0. The highest BCUT2D eigenvalue weighted by Crippen LogP contribution is 2.52. The molecule has 2 atom stereocenters. The molecule has 1 heterocycles. The van der Waals surface area contributed by atoms with E-state index in [1.807, 2.05) is 61.2 Å². The summed E-state index contributed by atoms with van der Waals surface area (Å²) in [5.74, 6) is 0.107. The van der Waals surface area contributed by atoms with Crippen LogP contribution >= 0.6 is 0 Å². The minimum Gasteiger partial charge on any atom is -0.303 e. The topological polar surface area (TPSA) is 20.3 Å². The number of rotatable bonds is 3. The van der Waals surface area contributed by atoms with Gasteiger partial charge in [0.1, 0.15) is 0 Å². The van der Waals surface area contributed by atoms with Crippen LogP contribution in [0.1, 0.15) is 24.1 Å². The second kappa shape index (κ2) is 4.88. The number of anilines is 1. The minimum absolute atomic E-state index is 0.00593. The normalized spacial score (nSPS) is 24.6. The van der Waals surface area contributed by atoms with Gasteiger partial charge in [-0.1, -0.05) is 54.1 Å². The molecule has 0 aromatic heterocycles. The van der Waals surface area contributed by atoms with Crippen LogP contribution in [0.5, 0.6) is 0 Å². The van der Waals surface area contributed by atoms with Gasteiger partial charge in [-0.15, -0.1) is 6.58 Å². The van der Waals surface area contributed by atoms with Crippen LogP contribution in [0.25, 0.3) is 0 Å². The average molecular weight is 277 g/mol. The van der Waals surface area contributed by atoms with Crippen LogP contribution in [0.4, 0.5) is 5.69 Å². The first-order valence-electron chi connectivity index (χ1n) is 7.17. The molecule has 21 heavy (non-hydrogen) atoms. The van der Waals surface area contributed by atoms with Crippen LogP contribution in [0.15, 0.2) is 67.3 Å². The van der Waals surface area contributed by atoms with E-state index in [1.165, 1.54) is 5.56 Å². The van der Waals surface area contributed by atoms with Crippen LogP contribution in [0.3, 0.4) is 0 Å². The van der Waals surface area contributed by atoms with Crippen molar-refractivity contribution in [3.8, 4) is 0 Å². The van der Waals surface area contributed by atoms with Gasteiger partial charge in [-0.05, 0) is 31.5 Å². The number of nitrogens with zero attached hydrogens (tertiary/aromatic N) is 1.